The first-order chi connectivity index (χ1) is 9.11. The van der Waals surface area contributed by atoms with Gasteiger partial charge in [0.05, 0.1) is 0 Å². The van der Waals surface area contributed by atoms with Gasteiger partial charge in [0, 0.05) is 22.9 Å². The van der Waals surface area contributed by atoms with Gasteiger partial charge in [-0.1, -0.05) is 19.1 Å². The third kappa shape index (κ3) is 3.69. The summed E-state index contributed by atoms with van der Waals surface area (Å²) in [5.41, 5.74) is 0.423. The third-order valence-corrected chi connectivity index (χ3v) is 4.95. The standard InChI is InChI=1S/C15H21F2NS/c1-3-19-12-8-7-11(9-12)18-10(2)13-5-4-6-14(16)15(13)17/h4-6,10-12,18H,3,7-9H2,1-2H3. The number of benzene rings is 1. The summed E-state index contributed by atoms with van der Waals surface area (Å²) in [6.07, 6.45) is 3.47. The summed E-state index contributed by atoms with van der Waals surface area (Å²) in [6, 6.07) is 4.65. The van der Waals surface area contributed by atoms with E-state index in [0.717, 1.165) is 24.7 Å². The molecule has 0 bridgehead atoms. The van der Waals surface area contributed by atoms with Crippen molar-refractivity contribution in [1.82, 2.24) is 5.32 Å². The predicted molar refractivity (Wildman–Crippen MR) is 77.5 cm³/mol. The molecule has 19 heavy (non-hydrogen) atoms. The van der Waals surface area contributed by atoms with Crippen molar-refractivity contribution in [2.45, 2.75) is 50.4 Å². The normalized spacial score (nSPS) is 24.6. The summed E-state index contributed by atoms with van der Waals surface area (Å²) in [7, 11) is 0. The highest BCUT2D eigenvalue weighted by atomic mass is 32.2. The first-order valence-corrected chi connectivity index (χ1v) is 7.98. The predicted octanol–water partition coefficient (Wildman–Crippen LogP) is 4.29. The maximum atomic E-state index is 13.7. The summed E-state index contributed by atoms with van der Waals surface area (Å²) < 4.78 is 26.9. The van der Waals surface area contributed by atoms with Crippen LogP contribution in [0.5, 0.6) is 0 Å². The Labute approximate surface area is 118 Å². The lowest BCUT2D eigenvalue weighted by Gasteiger charge is -2.20. The minimum absolute atomic E-state index is 0.147. The van der Waals surface area contributed by atoms with Crippen LogP contribution in [0.1, 0.15) is 44.7 Å². The van der Waals surface area contributed by atoms with Gasteiger partial charge in [-0.15, -0.1) is 0 Å². The average Bonchev–Trinajstić information content (AvgIpc) is 2.80. The van der Waals surface area contributed by atoms with Gasteiger partial charge in [0.2, 0.25) is 0 Å². The number of hydrogen-bond donors (Lipinski definition) is 1. The minimum Gasteiger partial charge on any atom is -0.307 e. The monoisotopic (exact) mass is 285 g/mol. The molecule has 0 radical (unpaired) electrons. The topological polar surface area (TPSA) is 12.0 Å². The Morgan fingerprint density at radius 3 is 2.89 bits per heavy atom. The summed E-state index contributed by atoms with van der Waals surface area (Å²) >= 11 is 2.00. The molecule has 0 spiro atoms. The molecule has 3 atom stereocenters. The van der Waals surface area contributed by atoms with Crippen molar-refractivity contribution < 1.29 is 8.78 Å². The minimum atomic E-state index is -0.767. The van der Waals surface area contributed by atoms with Crippen LogP contribution >= 0.6 is 11.8 Å². The molecular formula is C15H21F2NS. The fourth-order valence-corrected chi connectivity index (χ4v) is 3.92. The fourth-order valence-electron chi connectivity index (χ4n) is 2.78. The van der Waals surface area contributed by atoms with Crippen LogP contribution in [0.3, 0.4) is 0 Å². The zero-order valence-electron chi connectivity index (χ0n) is 11.5. The second-order valence-electron chi connectivity index (χ2n) is 5.12. The summed E-state index contributed by atoms with van der Waals surface area (Å²) in [6.45, 7) is 4.08. The molecule has 106 valence electrons. The number of thioether (sulfide) groups is 1. The van der Waals surface area contributed by atoms with Crippen molar-refractivity contribution in [3.63, 3.8) is 0 Å². The maximum Gasteiger partial charge on any atom is 0.163 e. The molecule has 1 aromatic rings. The van der Waals surface area contributed by atoms with Crippen LogP contribution in [0.4, 0.5) is 8.78 Å². The molecule has 0 amide bonds. The Morgan fingerprint density at radius 1 is 1.37 bits per heavy atom. The molecule has 1 aliphatic carbocycles. The highest BCUT2D eigenvalue weighted by molar-refractivity contribution is 7.99. The molecule has 0 aromatic heterocycles. The lowest BCUT2D eigenvalue weighted by atomic mass is 10.1. The Hall–Kier alpha value is -0.610. The molecule has 0 aliphatic heterocycles. The largest absolute Gasteiger partial charge is 0.307 e. The van der Waals surface area contributed by atoms with Crippen LogP contribution in [0.25, 0.3) is 0 Å². The van der Waals surface area contributed by atoms with E-state index in [1.54, 1.807) is 12.1 Å². The van der Waals surface area contributed by atoms with E-state index in [1.807, 2.05) is 18.7 Å². The molecule has 0 saturated heterocycles. The molecule has 1 aromatic carbocycles. The second kappa shape index (κ2) is 6.71. The van der Waals surface area contributed by atoms with E-state index < -0.39 is 11.6 Å². The summed E-state index contributed by atoms with van der Waals surface area (Å²) in [5.74, 6) is -0.345. The van der Waals surface area contributed by atoms with E-state index in [0.29, 0.717) is 16.9 Å². The Kier molecular flexibility index (Phi) is 5.22. The van der Waals surface area contributed by atoms with Crippen molar-refractivity contribution >= 4 is 11.8 Å². The molecular weight excluding hydrogens is 264 g/mol. The average molecular weight is 285 g/mol. The van der Waals surface area contributed by atoms with E-state index in [9.17, 15) is 8.78 Å². The zero-order chi connectivity index (χ0) is 13.8. The molecule has 2 rings (SSSR count). The van der Waals surface area contributed by atoms with E-state index >= 15 is 0 Å². The maximum absolute atomic E-state index is 13.7. The first-order valence-electron chi connectivity index (χ1n) is 6.93. The quantitative estimate of drug-likeness (QED) is 0.866. The Balaban J connectivity index is 1.94. The molecule has 1 N–H and O–H groups in total. The number of hydrogen-bond acceptors (Lipinski definition) is 2. The van der Waals surface area contributed by atoms with Gasteiger partial charge in [0.15, 0.2) is 11.6 Å². The van der Waals surface area contributed by atoms with Crippen LogP contribution in [-0.4, -0.2) is 17.0 Å². The highest BCUT2D eigenvalue weighted by Crippen LogP contribution is 2.31. The smallest absolute Gasteiger partial charge is 0.163 e. The SMILES string of the molecule is CCSC1CCC(NC(C)c2cccc(F)c2F)C1. The Morgan fingerprint density at radius 2 is 2.16 bits per heavy atom. The number of rotatable bonds is 5. The van der Waals surface area contributed by atoms with E-state index in [1.165, 1.54) is 6.42 Å². The van der Waals surface area contributed by atoms with Crippen LogP contribution in [0, 0.1) is 11.6 Å². The lowest BCUT2D eigenvalue weighted by Crippen LogP contribution is -2.30. The van der Waals surface area contributed by atoms with Crippen LogP contribution < -0.4 is 5.32 Å². The van der Waals surface area contributed by atoms with E-state index in [2.05, 4.69) is 12.2 Å². The van der Waals surface area contributed by atoms with Crippen molar-refractivity contribution in [2.24, 2.45) is 0 Å². The van der Waals surface area contributed by atoms with Gasteiger partial charge in [-0.05, 0) is 38.0 Å². The van der Waals surface area contributed by atoms with Crippen molar-refractivity contribution in [1.29, 1.82) is 0 Å². The van der Waals surface area contributed by atoms with Crippen molar-refractivity contribution in [3.05, 3.63) is 35.4 Å². The van der Waals surface area contributed by atoms with E-state index in [-0.39, 0.29) is 6.04 Å². The first kappa shape index (κ1) is 14.8. The number of nitrogens with one attached hydrogen (secondary N) is 1. The van der Waals surface area contributed by atoms with Gasteiger partial charge in [-0.25, -0.2) is 8.78 Å². The van der Waals surface area contributed by atoms with Crippen LogP contribution in [0.15, 0.2) is 18.2 Å². The van der Waals surface area contributed by atoms with Crippen LogP contribution in [-0.2, 0) is 0 Å². The molecule has 1 saturated carbocycles. The van der Waals surface area contributed by atoms with E-state index in [4.69, 9.17) is 0 Å². The highest BCUT2D eigenvalue weighted by Gasteiger charge is 2.26. The number of halogens is 2. The van der Waals surface area contributed by atoms with Crippen molar-refractivity contribution in [2.75, 3.05) is 5.75 Å². The lowest BCUT2D eigenvalue weighted by molar-refractivity contribution is 0.432. The zero-order valence-corrected chi connectivity index (χ0v) is 12.3. The summed E-state index contributed by atoms with van der Waals surface area (Å²) in [4.78, 5) is 0. The molecule has 1 nitrogen and oxygen atoms in total. The summed E-state index contributed by atoms with van der Waals surface area (Å²) in [5, 5.41) is 4.15. The second-order valence-corrected chi connectivity index (χ2v) is 6.70. The molecule has 4 heteroatoms. The third-order valence-electron chi connectivity index (χ3n) is 3.72. The van der Waals surface area contributed by atoms with Gasteiger partial charge >= 0.3 is 0 Å². The molecule has 1 fully saturated rings. The molecule has 0 heterocycles. The van der Waals surface area contributed by atoms with Gasteiger partial charge < -0.3 is 5.32 Å². The van der Waals surface area contributed by atoms with Gasteiger partial charge in [-0.2, -0.15) is 11.8 Å². The molecule has 1 aliphatic rings. The van der Waals surface area contributed by atoms with Gasteiger partial charge in [0.25, 0.3) is 0 Å². The van der Waals surface area contributed by atoms with Crippen LogP contribution in [0.2, 0.25) is 0 Å². The van der Waals surface area contributed by atoms with Gasteiger partial charge in [-0.3, -0.25) is 0 Å². The fraction of sp³-hybridized carbons (Fsp3) is 0.600. The molecule has 3 unspecified atom stereocenters. The Bertz CT molecular complexity index is 425. The van der Waals surface area contributed by atoms with Gasteiger partial charge in [0.1, 0.15) is 0 Å². The van der Waals surface area contributed by atoms with Crippen molar-refractivity contribution in [3.8, 4) is 0 Å².